The van der Waals surface area contributed by atoms with Gasteiger partial charge in [0, 0.05) is 18.9 Å². The predicted molar refractivity (Wildman–Crippen MR) is 86.9 cm³/mol. The van der Waals surface area contributed by atoms with Gasteiger partial charge in [-0.2, -0.15) is 0 Å². The van der Waals surface area contributed by atoms with Crippen molar-refractivity contribution in [1.82, 2.24) is 4.98 Å². The number of benzene rings is 1. The average molecular weight is 303 g/mol. The topological polar surface area (TPSA) is 33.2 Å². The number of hydrogen-bond acceptors (Lipinski definition) is 2. The van der Waals surface area contributed by atoms with Crippen molar-refractivity contribution in [2.75, 3.05) is 11.9 Å². The highest BCUT2D eigenvalue weighted by molar-refractivity contribution is 6.29. The molecule has 0 spiro atoms. The number of likely N-dealkylation sites (N-methyl/N-ethyl adjacent to an activating group) is 1. The van der Waals surface area contributed by atoms with Crippen LogP contribution in [0.25, 0.3) is 0 Å². The number of carbonyl (C=O) groups excluding carboxylic acids is 1. The molecule has 0 N–H and O–H groups in total. The van der Waals surface area contributed by atoms with Crippen LogP contribution in [0, 0.1) is 0 Å². The molecule has 0 unspecified atom stereocenters. The van der Waals surface area contributed by atoms with E-state index in [0.717, 1.165) is 11.3 Å². The maximum atomic E-state index is 12.3. The Morgan fingerprint density at radius 3 is 2.67 bits per heavy atom. The maximum Gasteiger partial charge on any atom is 0.231 e. The molecule has 0 fully saturated rings. The zero-order valence-electron chi connectivity index (χ0n) is 12.5. The summed E-state index contributed by atoms with van der Waals surface area (Å²) in [6.45, 7) is 4.28. The lowest BCUT2D eigenvalue weighted by Crippen LogP contribution is -2.27. The largest absolute Gasteiger partial charge is 0.315 e. The third-order valence-corrected chi connectivity index (χ3v) is 3.67. The van der Waals surface area contributed by atoms with Crippen LogP contribution in [0.4, 0.5) is 5.69 Å². The van der Waals surface area contributed by atoms with Gasteiger partial charge in [0.15, 0.2) is 0 Å². The van der Waals surface area contributed by atoms with Crippen LogP contribution >= 0.6 is 11.6 Å². The number of anilines is 1. The molecule has 0 bridgehead atoms. The van der Waals surface area contributed by atoms with Gasteiger partial charge in [-0.25, -0.2) is 4.98 Å². The minimum Gasteiger partial charge on any atom is -0.315 e. The van der Waals surface area contributed by atoms with Crippen LogP contribution in [0.15, 0.2) is 42.6 Å². The summed E-state index contributed by atoms with van der Waals surface area (Å²) < 4.78 is 0. The normalized spacial score (nSPS) is 10.7. The standard InChI is InChI=1S/C17H19ClN2O/c1-12(2)14-5-4-6-15(10-14)20(3)17(21)9-13-7-8-16(18)19-11-13/h4-8,10-12H,9H2,1-3H3. The summed E-state index contributed by atoms with van der Waals surface area (Å²) in [5, 5.41) is 0.434. The Hall–Kier alpha value is -1.87. The van der Waals surface area contributed by atoms with Crippen molar-refractivity contribution in [2.24, 2.45) is 0 Å². The zero-order valence-corrected chi connectivity index (χ0v) is 13.3. The Morgan fingerprint density at radius 1 is 1.29 bits per heavy atom. The van der Waals surface area contributed by atoms with Crippen molar-refractivity contribution in [1.29, 1.82) is 0 Å². The van der Waals surface area contributed by atoms with Crippen LogP contribution in [0.2, 0.25) is 5.15 Å². The molecule has 0 saturated heterocycles. The second kappa shape index (κ2) is 6.72. The quantitative estimate of drug-likeness (QED) is 0.798. The number of rotatable bonds is 4. The molecule has 21 heavy (non-hydrogen) atoms. The molecule has 2 rings (SSSR count). The first-order valence-electron chi connectivity index (χ1n) is 6.94. The number of aromatic nitrogens is 1. The van der Waals surface area contributed by atoms with Gasteiger partial charge < -0.3 is 4.90 Å². The van der Waals surface area contributed by atoms with Crippen LogP contribution in [0.1, 0.15) is 30.9 Å². The lowest BCUT2D eigenvalue weighted by molar-refractivity contribution is -0.117. The fourth-order valence-electron chi connectivity index (χ4n) is 2.04. The molecule has 0 atom stereocenters. The molecule has 3 nitrogen and oxygen atoms in total. The number of nitrogens with zero attached hydrogens (tertiary/aromatic N) is 2. The summed E-state index contributed by atoms with van der Waals surface area (Å²) in [4.78, 5) is 18.0. The minimum absolute atomic E-state index is 0.0278. The highest BCUT2D eigenvalue weighted by atomic mass is 35.5. The maximum absolute atomic E-state index is 12.3. The molecule has 1 aromatic heterocycles. The molecule has 4 heteroatoms. The van der Waals surface area contributed by atoms with Crippen LogP contribution in [-0.4, -0.2) is 17.9 Å². The highest BCUT2D eigenvalue weighted by Gasteiger charge is 2.13. The number of amides is 1. The van der Waals surface area contributed by atoms with Crippen molar-refractivity contribution >= 4 is 23.2 Å². The molecular weight excluding hydrogens is 284 g/mol. The molecule has 2 aromatic rings. The lowest BCUT2D eigenvalue weighted by Gasteiger charge is -2.19. The van der Waals surface area contributed by atoms with E-state index in [2.05, 4.69) is 31.0 Å². The van der Waals surface area contributed by atoms with Crippen LogP contribution in [-0.2, 0) is 11.2 Å². The summed E-state index contributed by atoms with van der Waals surface area (Å²) in [5.41, 5.74) is 2.99. The van der Waals surface area contributed by atoms with E-state index < -0.39 is 0 Å². The Bertz CT molecular complexity index is 623. The van der Waals surface area contributed by atoms with Crippen molar-refractivity contribution in [3.63, 3.8) is 0 Å². The number of halogens is 1. The SMILES string of the molecule is CC(C)c1cccc(N(C)C(=O)Cc2ccc(Cl)nc2)c1. The minimum atomic E-state index is 0.0278. The number of hydrogen-bond donors (Lipinski definition) is 0. The van der Waals surface area contributed by atoms with Gasteiger partial charge in [0.2, 0.25) is 5.91 Å². The molecule has 0 aliphatic rings. The summed E-state index contributed by atoms with van der Waals surface area (Å²) in [6, 6.07) is 11.6. The first-order valence-corrected chi connectivity index (χ1v) is 7.32. The molecule has 0 radical (unpaired) electrons. The fraction of sp³-hybridized carbons (Fsp3) is 0.294. The van der Waals surface area contributed by atoms with Crippen LogP contribution < -0.4 is 4.90 Å². The highest BCUT2D eigenvalue weighted by Crippen LogP contribution is 2.21. The van der Waals surface area contributed by atoms with Gasteiger partial charge in [0.1, 0.15) is 5.15 Å². The van der Waals surface area contributed by atoms with E-state index in [1.807, 2.05) is 18.2 Å². The van der Waals surface area contributed by atoms with Gasteiger partial charge in [-0.3, -0.25) is 4.79 Å². The summed E-state index contributed by atoms with van der Waals surface area (Å²) >= 11 is 5.75. The van der Waals surface area contributed by atoms with Crippen molar-refractivity contribution in [2.45, 2.75) is 26.2 Å². The third-order valence-electron chi connectivity index (χ3n) is 3.44. The monoisotopic (exact) mass is 302 g/mol. The van der Waals surface area contributed by atoms with E-state index in [9.17, 15) is 4.79 Å². The molecule has 1 heterocycles. The van der Waals surface area contributed by atoms with E-state index in [0.29, 0.717) is 17.5 Å². The number of carbonyl (C=O) groups is 1. The molecule has 110 valence electrons. The molecule has 1 amide bonds. The third kappa shape index (κ3) is 4.05. The summed E-state index contributed by atoms with van der Waals surface area (Å²) in [5.74, 6) is 0.467. The van der Waals surface area contributed by atoms with E-state index >= 15 is 0 Å². The second-order valence-electron chi connectivity index (χ2n) is 5.37. The smallest absolute Gasteiger partial charge is 0.231 e. The second-order valence-corrected chi connectivity index (χ2v) is 5.76. The van der Waals surface area contributed by atoms with E-state index in [4.69, 9.17) is 11.6 Å². The molecular formula is C17H19ClN2O. The Labute approximate surface area is 130 Å². The first kappa shape index (κ1) is 15.5. The number of pyridine rings is 1. The zero-order chi connectivity index (χ0) is 15.4. The van der Waals surface area contributed by atoms with Gasteiger partial charge in [-0.05, 0) is 35.2 Å². The van der Waals surface area contributed by atoms with Crippen LogP contribution in [0.3, 0.4) is 0 Å². The molecule has 0 aliphatic heterocycles. The Balaban J connectivity index is 2.11. The van der Waals surface area contributed by atoms with Gasteiger partial charge >= 0.3 is 0 Å². The van der Waals surface area contributed by atoms with E-state index in [1.54, 1.807) is 24.2 Å². The summed E-state index contributed by atoms with van der Waals surface area (Å²) in [6.07, 6.45) is 1.95. The van der Waals surface area contributed by atoms with Gasteiger partial charge in [0.05, 0.1) is 6.42 Å². The Kier molecular flexibility index (Phi) is 4.97. The first-order chi connectivity index (χ1) is 9.97. The van der Waals surface area contributed by atoms with Gasteiger partial charge in [-0.15, -0.1) is 0 Å². The average Bonchev–Trinajstić information content (AvgIpc) is 2.49. The molecule has 0 saturated carbocycles. The van der Waals surface area contributed by atoms with Crippen molar-refractivity contribution < 1.29 is 4.79 Å². The summed E-state index contributed by atoms with van der Waals surface area (Å²) in [7, 11) is 1.80. The van der Waals surface area contributed by atoms with Crippen molar-refractivity contribution in [3.8, 4) is 0 Å². The van der Waals surface area contributed by atoms with E-state index in [-0.39, 0.29) is 5.91 Å². The van der Waals surface area contributed by atoms with Gasteiger partial charge in [-0.1, -0.05) is 43.6 Å². The van der Waals surface area contributed by atoms with Gasteiger partial charge in [0.25, 0.3) is 0 Å². The van der Waals surface area contributed by atoms with Crippen LogP contribution in [0.5, 0.6) is 0 Å². The Morgan fingerprint density at radius 2 is 2.05 bits per heavy atom. The predicted octanol–water partition coefficient (Wildman–Crippen LogP) is 4.06. The molecule has 0 aliphatic carbocycles. The van der Waals surface area contributed by atoms with E-state index in [1.165, 1.54) is 5.56 Å². The van der Waals surface area contributed by atoms with Crippen molar-refractivity contribution in [3.05, 3.63) is 58.9 Å². The molecule has 1 aromatic carbocycles. The lowest BCUT2D eigenvalue weighted by atomic mass is 10.0. The fourth-order valence-corrected chi connectivity index (χ4v) is 2.15.